The SMILES string of the molecule is CCC(NC)c1ccc(OC)c(OC)c1. The van der Waals surface area contributed by atoms with Gasteiger partial charge in [-0.15, -0.1) is 0 Å². The molecule has 0 aliphatic heterocycles. The largest absolute Gasteiger partial charge is 0.493 e. The van der Waals surface area contributed by atoms with Gasteiger partial charge in [0.05, 0.1) is 14.2 Å². The average Bonchev–Trinajstić information content (AvgIpc) is 2.30. The van der Waals surface area contributed by atoms with Crippen molar-refractivity contribution in [1.82, 2.24) is 5.32 Å². The molecule has 0 radical (unpaired) electrons. The van der Waals surface area contributed by atoms with Crippen molar-refractivity contribution in [3.05, 3.63) is 23.8 Å². The summed E-state index contributed by atoms with van der Waals surface area (Å²) in [6, 6.07) is 6.38. The van der Waals surface area contributed by atoms with Gasteiger partial charge >= 0.3 is 0 Å². The highest BCUT2D eigenvalue weighted by Crippen LogP contribution is 2.30. The van der Waals surface area contributed by atoms with E-state index in [1.54, 1.807) is 14.2 Å². The average molecular weight is 209 g/mol. The van der Waals surface area contributed by atoms with Crippen LogP contribution < -0.4 is 14.8 Å². The third-order valence-electron chi connectivity index (χ3n) is 2.57. The van der Waals surface area contributed by atoms with E-state index in [2.05, 4.69) is 18.3 Å². The Kier molecular flexibility index (Phi) is 4.43. The van der Waals surface area contributed by atoms with Gasteiger partial charge in [-0.2, -0.15) is 0 Å². The molecule has 84 valence electrons. The fourth-order valence-corrected chi connectivity index (χ4v) is 1.68. The molecule has 0 bridgehead atoms. The zero-order chi connectivity index (χ0) is 11.3. The molecule has 0 heterocycles. The Morgan fingerprint density at radius 2 is 1.87 bits per heavy atom. The molecule has 0 aliphatic carbocycles. The zero-order valence-corrected chi connectivity index (χ0v) is 9.83. The van der Waals surface area contributed by atoms with Crippen molar-refractivity contribution in [2.45, 2.75) is 19.4 Å². The summed E-state index contributed by atoms with van der Waals surface area (Å²) in [7, 11) is 5.26. The second kappa shape index (κ2) is 5.61. The molecule has 0 saturated carbocycles. The molecule has 1 atom stereocenters. The minimum atomic E-state index is 0.366. The molecule has 0 aromatic heterocycles. The second-order valence-electron chi connectivity index (χ2n) is 3.36. The van der Waals surface area contributed by atoms with Gasteiger partial charge in [0, 0.05) is 6.04 Å². The minimum Gasteiger partial charge on any atom is -0.493 e. The molecule has 3 heteroatoms. The topological polar surface area (TPSA) is 30.5 Å². The van der Waals surface area contributed by atoms with E-state index in [9.17, 15) is 0 Å². The Morgan fingerprint density at radius 1 is 1.20 bits per heavy atom. The highest BCUT2D eigenvalue weighted by Gasteiger charge is 2.10. The van der Waals surface area contributed by atoms with Crippen molar-refractivity contribution in [3.8, 4) is 11.5 Å². The van der Waals surface area contributed by atoms with Gasteiger partial charge in [0.2, 0.25) is 0 Å². The van der Waals surface area contributed by atoms with Crippen molar-refractivity contribution in [2.24, 2.45) is 0 Å². The fourth-order valence-electron chi connectivity index (χ4n) is 1.68. The highest BCUT2D eigenvalue weighted by molar-refractivity contribution is 5.43. The van der Waals surface area contributed by atoms with E-state index in [1.807, 2.05) is 19.2 Å². The molecule has 3 nitrogen and oxygen atoms in total. The number of hydrogen-bond donors (Lipinski definition) is 1. The van der Waals surface area contributed by atoms with Crippen LogP contribution in [0.3, 0.4) is 0 Å². The van der Waals surface area contributed by atoms with Gasteiger partial charge in [0.1, 0.15) is 0 Å². The van der Waals surface area contributed by atoms with E-state index in [4.69, 9.17) is 9.47 Å². The lowest BCUT2D eigenvalue weighted by atomic mass is 10.0. The predicted octanol–water partition coefficient (Wildman–Crippen LogP) is 2.37. The molecule has 0 amide bonds. The molecule has 0 aliphatic rings. The number of ether oxygens (including phenoxy) is 2. The van der Waals surface area contributed by atoms with Gasteiger partial charge < -0.3 is 14.8 Å². The monoisotopic (exact) mass is 209 g/mol. The van der Waals surface area contributed by atoms with Crippen LogP contribution in [0.1, 0.15) is 24.9 Å². The van der Waals surface area contributed by atoms with Gasteiger partial charge in [0.25, 0.3) is 0 Å². The normalized spacial score (nSPS) is 12.3. The van der Waals surface area contributed by atoms with Crippen LogP contribution in [0.5, 0.6) is 11.5 Å². The summed E-state index contributed by atoms with van der Waals surface area (Å²) in [6.07, 6.45) is 1.05. The molecular weight excluding hydrogens is 190 g/mol. The quantitative estimate of drug-likeness (QED) is 0.807. The van der Waals surface area contributed by atoms with Gasteiger partial charge in [-0.25, -0.2) is 0 Å². The maximum absolute atomic E-state index is 5.26. The third kappa shape index (κ3) is 2.63. The molecule has 1 aromatic carbocycles. The first-order valence-electron chi connectivity index (χ1n) is 5.16. The molecule has 1 rings (SSSR count). The lowest BCUT2D eigenvalue weighted by Crippen LogP contribution is -2.15. The summed E-state index contributed by atoms with van der Waals surface area (Å²) in [5.41, 5.74) is 1.22. The zero-order valence-electron chi connectivity index (χ0n) is 9.83. The van der Waals surface area contributed by atoms with Crippen molar-refractivity contribution in [1.29, 1.82) is 0 Å². The molecule has 0 saturated heterocycles. The fraction of sp³-hybridized carbons (Fsp3) is 0.500. The van der Waals surface area contributed by atoms with E-state index >= 15 is 0 Å². The summed E-state index contributed by atoms with van der Waals surface area (Å²) in [5, 5.41) is 3.26. The Morgan fingerprint density at radius 3 is 2.33 bits per heavy atom. The molecule has 0 fully saturated rings. The van der Waals surface area contributed by atoms with Crippen LogP contribution in [-0.2, 0) is 0 Å². The lowest BCUT2D eigenvalue weighted by molar-refractivity contribution is 0.354. The summed E-state index contributed by atoms with van der Waals surface area (Å²) >= 11 is 0. The molecule has 1 N–H and O–H groups in total. The maximum atomic E-state index is 5.26. The molecule has 15 heavy (non-hydrogen) atoms. The van der Waals surface area contributed by atoms with Gasteiger partial charge in [0.15, 0.2) is 11.5 Å². The van der Waals surface area contributed by atoms with Gasteiger partial charge in [-0.1, -0.05) is 13.0 Å². The van der Waals surface area contributed by atoms with Crippen molar-refractivity contribution in [2.75, 3.05) is 21.3 Å². The van der Waals surface area contributed by atoms with Crippen LogP contribution in [0.2, 0.25) is 0 Å². The number of rotatable bonds is 5. The van der Waals surface area contributed by atoms with Crippen LogP contribution in [0.4, 0.5) is 0 Å². The summed E-state index contributed by atoms with van der Waals surface area (Å²) in [5.74, 6) is 1.55. The van der Waals surface area contributed by atoms with Crippen LogP contribution in [-0.4, -0.2) is 21.3 Å². The molecular formula is C12H19NO2. The second-order valence-corrected chi connectivity index (χ2v) is 3.36. The standard InChI is InChI=1S/C12H19NO2/c1-5-10(13-2)9-6-7-11(14-3)12(8-9)15-4/h6-8,10,13H,5H2,1-4H3. The highest BCUT2D eigenvalue weighted by atomic mass is 16.5. The number of benzene rings is 1. The van der Waals surface area contributed by atoms with Gasteiger partial charge in [-0.3, -0.25) is 0 Å². The van der Waals surface area contributed by atoms with E-state index in [1.165, 1.54) is 5.56 Å². The summed E-state index contributed by atoms with van der Waals surface area (Å²) in [4.78, 5) is 0. The Balaban J connectivity index is 3.01. The van der Waals surface area contributed by atoms with E-state index in [0.29, 0.717) is 6.04 Å². The molecule has 1 unspecified atom stereocenters. The van der Waals surface area contributed by atoms with E-state index in [0.717, 1.165) is 17.9 Å². The van der Waals surface area contributed by atoms with Gasteiger partial charge in [-0.05, 0) is 31.2 Å². The molecule has 0 spiro atoms. The predicted molar refractivity (Wildman–Crippen MR) is 61.6 cm³/mol. The van der Waals surface area contributed by atoms with E-state index < -0.39 is 0 Å². The summed E-state index contributed by atoms with van der Waals surface area (Å²) < 4.78 is 10.5. The minimum absolute atomic E-state index is 0.366. The smallest absolute Gasteiger partial charge is 0.161 e. The first-order valence-corrected chi connectivity index (χ1v) is 5.16. The Labute approximate surface area is 91.4 Å². The van der Waals surface area contributed by atoms with Crippen molar-refractivity contribution in [3.63, 3.8) is 0 Å². The summed E-state index contributed by atoms with van der Waals surface area (Å²) in [6.45, 7) is 2.15. The first kappa shape index (κ1) is 11.9. The molecule has 1 aromatic rings. The Hall–Kier alpha value is -1.22. The maximum Gasteiger partial charge on any atom is 0.161 e. The van der Waals surface area contributed by atoms with Crippen LogP contribution in [0.15, 0.2) is 18.2 Å². The Bertz CT molecular complexity index is 308. The first-order chi connectivity index (χ1) is 7.26. The van der Waals surface area contributed by atoms with Crippen LogP contribution in [0, 0.1) is 0 Å². The number of methoxy groups -OCH3 is 2. The van der Waals surface area contributed by atoms with E-state index in [-0.39, 0.29) is 0 Å². The van der Waals surface area contributed by atoms with Crippen LogP contribution in [0.25, 0.3) is 0 Å². The van der Waals surface area contributed by atoms with Crippen molar-refractivity contribution >= 4 is 0 Å². The van der Waals surface area contributed by atoms with Crippen molar-refractivity contribution < 1.29 is 9.47 Å². The lowest BCUT2D eigenvalue weighted by Gasteiger charge is -2.16. The third-order valence-corrected chi connectivity index (χ3v) is 2.57. The van der Waals surface area contributed by atoms with Crippen LogP contribution >= 0.6 is 0 Å². The number of nitrogens with one attached hydrogen (secondary N) is 1. The number of hydrogen-bond acceptors (Lipinski definition) is 3.